The number of carbonyl (C=O) groups excluding carboxylic acids is 1. The minimum Gasteiger partial charge on any atom is -0.393 e. The fourth-order valence-electron chi connectivity index (χ4n) is 1.36. The molecule has 2 unspecified atom stereocenters. The summed E-state index contributed by atoms with van der Waals surface area (Å²) in [6.07, 6.45) is 1.85. The van der Waals surface area contributed by atoms with E-state index in [0.717, 1.165) is 19.4 Å². The predicted octanol–water partition coefficient (Wildman–Crippen LogP) is -1.40. The highest BCUT2D eigenvalue weighted by Crippen LogP contribution is 2.05. The number of rotatable bonds is 4. The summed E-state index contributed by atoms with van der Waals surface area (Å²) in [6, 6.07) is -0.135. The first-order chi connectivity index (χ1) is 6.55. The molecule has 0 aromatic rings. The van der Waals surface area contributed by atoms with Crippen LogP contribution >= 0.6 is 0 Å². The molecule has 0 aromatic heterocycles. The second-order valence-electron chi connectivity index (χ2n) is 4.02. The highest BCUT2D eigenvalue weighted by atomic mass is 16.3. The molecule has 0 saturated carbocycles. The van der Waals surface area contributed by atoms with Gasteiger partial charge in [-0.15, -0.1) is 0 Å². The first kappa shape index (κ1) is 11.4. The summed E-state index contributed by atoms with van der Waals surface area (Å²) in [6.45, 7) is 2.08. The molecule has 1 rings (SSSR count). The number of hydrogen-bond acceptors (Lipinski definition) is 4. The molecule has 0 bridgehead atoms. The van der Waals surface area contributed by atoms with Gasteiger partial charge in [-0.3, -0.25) is 4.79 Å². The van der Waals surface area contributed by atoms with Gasteiger partial charge in [0.2, 0.25) is 5.91 Å². The van der Waals surface area contributed by atoms with Crippen LogP contribution in [0, 0.1) is 0 Å². The van der Waals surface area contributed by atoms with E-state index in [2.05, 4.69) is 10.6 Å². The smallest absolute Gasteiger partial charge is 0.237 e. The van der Waals surface area contributed by atoms with Crippen molar-refractivity contribution >= 4 is 5.91 Å². The normalized spacial score (nSPS) is 25.8. The molecule has 1 saturated heterocycles. The van der Waals surface area contributed by atoms with Gasteiger partial charge in [0.25, 0.3) is 0 Å². The van der Waals surface area contributed by atoms with Crippen LogP contribution in [-0.4, -0.2) is 47.5 Å². The second kappa shape index (κ2) is 4.72. The minimum atomic E-state index is -1.23. The molecule has 2 atom stereocenters. The third kappa shape index (κ3) is 3.25. The number of amides is 1. The summed E-state index contributed by atoms with van der Waals surface area (Å²) in [4.78, 5) is 11.4. The van der Waals surface area contributed by atoms with Gasteiger partial charge in [-0.25, -0.2) is 0 Å². The second-order valence-corrected chi connectivity index (χ2v) is 4.02. The van der Waals surface area contributed by atoms with Crippen molar-refractivity contribution in [2.45, 2.75) is 31.4 Å². The summed E-state index contributed by atoms with van der Waals surface area (Å²) in [5.74, 6) is -0.101. The van der Waals surface area contributed by atoms with Crippen LogP contribution in [0.2, 0.25) is 0 Å². The van der Waals surface area contributed by atoms with Crippen LogP contribution in [0.4, 0.5) is 0 Å². The zero-order chi connectivity index (χ0) is 10.6. The van der Waals surface area contributed by atoms with Crippen LogP contribution < -0.4 is 10.6 Å². The van der Waals surface area contributed by atoms with Crippen LogP contribution in [0.15, 0.2) is 0 Å². The molecule has 1 fully saturated rings. The first-order valence-electron chi connectivity index (χ1n) is 4.89. The minimum absolute atomic E-state index is 0.0838. The Labute approximate surface area is 83.5 Å². The molecule has 0 aliphatic carbocycles. The van der Waals surface area contributed by atoms with Gasteiger partial charge in [0.1, 0.15) is 5.60 Å². The fourth-order valence-corrected chi connectivity index (χ4v) is 1.36. The summed E-state index contributed by atoms with van der Waals surface area (Å²) in [7, 11) is 0. The summed E-state index contributed by atoms with van der Waals surface area (Å²) >= 11 is 0. The van der Waals surface area contributed by atoms with Gasteiger partial charge >= 0.3 is 0 Å². The maximum atomic E-state index is 11.4. The van der Waals surface area contributed by atoms with Crippen molar-refractivity contribution in [1.29, 1.82) is 0 Å². The van der Waals surface area contributed by atoms with E-state index in [4.69, 9.17) is 5.11 Å². The van der Waals surface area contributed by atoms with Crippen molar-refractivity contribution in [3.8, 4) is 0 Å². The van der Waals surface area contributed by atoms with Crippen molar-refractivity contribution in [1.82, 2.24) is 10.6 Å². The lowest BCUT2D eigenvalue weighted by Crippen LogP contribution is -2.48. The number of aliphatic hydroxyl groups excluding tert-OH is 1. The zero-order valence-corrected chi connectivity index (χ0v) is 8.42. The van der Waals surface area contributed by atoms with Crippen LogP contribution in [0.5, 0.6) is 0 Å². The molecule has 0 radical (unpaired) electrons. The van der Waals surface area contributed by atoms with Crippen LogP contribution in [0.1, 0.15) is 19.8 Å². The molecule has 5 nitrogen and oxygen atoms in total. The molecule has 0 spiro atoms. The molecule has 82 valence electrons. The fraction of sp³-hybridized carbons (Fsp3) is 0.889. The zero-order valence-electron chi connectivity index (χ0n) is 8.42. The summed E-state index contributed by atoms with van der Waals surface area (Å²) in [5.41, 5.74) is -1.23. The van der Waals surface area contributed by atoms with E-state index < -0.39 is 5.60 Å². The quantitative estimate of drug-likeness (QED) is 0.452. The van der Waals surface area contributed by atoms with Crippen molar-refractivity contribution in [2.75, 3.05) is 19.7 Å². The van der Waals surface area contributed by atoms with Gasteiger partial charge in [-0.1, -0.05) is 0 Å². The van der Waals surface area contributed by atoms with E-state index in [9.17, 15) is 9.90 Å². The van der Waals surface area contributed by atoms with E-state index >= 15 is 0 Å². The van der Waals surface area contributed by atoms with Gasteiger partial charge in [0.15, 0.2) is 0 Å². The monoisotopic (exact) mass is 202 g/mol. The Morgan fingerprint density at radius 2 is 2.43 bits per heavy atom. The first-order valence-corrected chi connectivity index (χ1v) is 4.89. The van der Waals surface area contributed by atoms with E-state index in [0.29, 0.717) is 0 Å². The van der Waals surface area contributed by atoms with Gasteiger partial charge in [0.05, 0.1) is 12.6 Å². The lowest BCUT2D eigenvalue weighted by molar-refractivity contribution is -0.124. The van der Waals surface area contributed by atoms with Gasteiger partial charge in [-0.2, -0.15) is 0 Å². The largest absolute Gasteiger partial charge is 0.393 e. The Balaban J connectivity index is 2.27. The highest BCUT2D eigenvalue weighted by molar-refractivity contribution is 5.82. The predicted molar refractivity (Wildman–Crippen MR) is 51.7 cm³/mol. The van der Waals surface area contributed by atoms with E-state index in [1.807, 2.05) is 0 Å². The Kier molecular flexibility index (Phi) is 3.86. The molecular formula is C9H18N2O3. The van der Waals surface area contributed by atoms with E-state index in [-0.39, 0.29) is 25.1 Å². The number of nitrogens with one attached hydrogen (secondary N) is 2. The molecule has 1 aliphatic rings. The molecule has 1 heterocycles. The standard InChI is InChI=1S/C9H18N2O3/c1-9(14,6-12)5-11-8(13)7-3-2-4-10-7/h7,10,12,14H,2-6H2,1H3,(H,11,13). The van der Waals surface area contributed by atoms with Crippen LogP contribution in [0.3, 0.4) is 0 Å². The van der Waals surface area contributed by atoms with Crippen molar-refractivity contribution in [3.05, 3.63) is 0 Å². The van der Waals surface area contributed by atoms with Crippen molar-refractivity contribution in [2.24, 2.45) is 0 Å². The highest BCUT2D eigenvalue weighted by Gasteiger charge is 2.25. The maximum absolute atomic E-state index is 11.4. The lowest BCUT2D eigenvalue weighted by atomic mass is 10.1. The molecule has 14 heavy (non-hydrogen) atoms. The Morgan fingerprint density at radius 1 is 1.71 bits per heavy atom. The van der Waals surface area contributed by atoms with Crippen LogP contribution in [0.25, 0.3) is 0 Å². The molecule has 5 heteroatoms. The average molecular weight is 202 g/mol. The van der Waals surface area contributed by atoms with Gasteiger partial charge in [-0.05, 0) is 26.3 Å². The molecular weight excluding hydrogens is 184 g/mol. The Hall–Kier alpha value is -0.650. The lowest BCUT2D eigenvalue weighted by Gasteiger charge is -2.21. The van der Waals surface area contributed by atoms with Crippen molar-refractivity contribution in [3.63, 3.8) is 0 Å². The Bertz CT molecular complexity index is 200. The van der Waals surface area contributed by atoms with Crippen molar-refractivity contribution < 1.29 is 15.0 Å². The SMILES string of the molecule is CC(O)(CO)CNC(=O)C1CCCN1. The van der Waals surface area contributed by atoms with Crippen LogP contribution in [-0.2, 0) is 4.79 Å². The molecule has 1 aliphatic heterocycles. The third-order valence-electron chi connectivity index (χ3n) is 2.36. The summed E-state index contributed by atoms with van der Waals surface area (Å²) < 4.78 is 0. The summed E-state index contributed by atoms with van der Waals surface area (Å²) in [5, 5.41) is 23.8. The van der Waals surface area contributed by atoms with E-state index in [1.54, 1.807) is 0 Å². The Morgan fingerprint density at radius 3 is 2.93 bits per heavy atom. The maximum Gasteiger partial charge on any atom is 0.237 e. The topological polar surface area (TPSA) is 81.6 Å². The van der Waals surface area contributed by atoms with Gasteiger partial charge in [0, 0.05) is 6.54 Å². The number of carbonyl (C=O) groups is 1. The number of aliphatic hydroxyl groups is 2. The van der Waals surface area contributed by atoms with E-state index in [1.165, 1.54) is 6.92 Å². The third-order valence-corrected chi connectivity index (χ3v) is 2.36. The molecule has 4 N–H and O–H groups in total. The molecule has 1 amide bonds. The van der Waals surface area contributed by atoms with Gasteiger partial charge < -0.3 is 20.8 Å². The average Bonchev–Trinajstić information content (AvgIpc) is 2.67. The number of hydrogen-bond donors (Lipinski definition) is 4. The molecule has 0 aromatic carbocycles.